The fourth-order valence-electron chi connectivity index (χ4n) is 2.23. The Labute approximate surface area is 124 Å². The number of hydrogen-bond acceptors (Lipinski definition) is 4. The molecule has 0 bridgehead atoms. The third kappa shape index (κ3) is 4.11. The summed E-state index contributed by atoms with van der Waals surface area (Å²) >= 11 is 0. The number of amides is 1. The van der Waals surface area contributed by atoms with Crippen LogP contribution in [0.5, 0.6) is 0 Å². The molecule has 0 saturated heterocycles. The maximum absolute atomic E-state index is 12.3. The van der Waals surface area contributed by atoms with Gasteiger partial charge >= 0.3 is 5.97 Å². The molecule has 1 aromatic carbocycles. The Morgan fingerprint density at radius 3 is 2.57 bits per heavy atom. The monoisotopic (exact) mass is 291 g/mol. The van der Waals surface area contributed by atoms with Gasteiger partial charge in [0.25, 0.3) is 0 Å². The highest BCUT2D eigenvalue weighted by Crippen LogP contribution is 2.27. The van der Waals surface area contributed by atoms with Gasteiger partial charge in [0.2, 0.25) is 5.91 Å². The van der Waals surface area contributed by atoms with Crippen LogP contribution in [0.2, 0.25) is 0 Å². The number of carboxylic acid groups (broad SMARTS) is 1. The molecule has 1 aliphatic rings. The minimum atomic E-state index is -0.891. The summed E-state index contributed by atoms with van der Waals surface area (Å²) in [5, 5.41) is 8.87. The van der Waals surface area contributed by atoms with E-state index < -0.39 is 5.97 Å². The number of nitrogens with two attached hydrogens (primary N) is 1. The minimum Gasteiger partial charge on any atom is -0.481 e. The van der Waals surface area contributed by atoms with Gasteiger partial charge in [-0.1, -0.05) is 12.1 Å². The average Bonchev–Trinajstić information content (AvgIpc) is 3.27. The Kier molecular flexibility index (Phi) is 4.67. The van der Waals surface area contributed by atoms with Crippen molar-refractivity contribution < 1.29 is 14.7 Å². The Bertz CT molecular complexity index is 529. The fourth-order valence-corrected chi connectivity index (χ4v) is 2.23. The first kappa shape index (κ1) is 15.2. The Morgan fingerprint density at radius 1 is 1.33 bits per heavy atom. The number of aliphatic carboxylic acids is 1. The third-order valence-corrected chi connectivity index (χ3v) is 3.69. The highest BCUT2D eigenvalue weighted by atomic mass is 16.4. The van der Waals surface area contributed by atoms with E-state index in [9.17, 15) is 9.59 Å². The van der Waals surface area contributed by atoms with Gasteiger partial charge < -0.3 is 20.6 Å². The van der Waals surface area contributed by atoms with E-state index in [2.05, 4.69) is 0 Å². The molecule has 1 amide bonds. The predicted octanol–water partition coefficient (Wildman–Crippen LogP) is 1.17. The first-order valence-corrected chi connectivity index (χ1v) is 7.06. The molecule has 0 unspecified atom stereocenters. The quantitative estimate of drug-likeness (QED) is 0.736. The molecule has 0 heterocycles. The normalized spacial score (nSPS) is 13.8. The standard InChI is InChI=1S/C15H21N3O3/c1-17(11-6-7-11)14(19)10-18(9-8-15(20)21)13-5-3-2-4-12(13)16/h2-5,11H,6-10,16H2,1H3,(H,20,21). The molecule has 6 heteroatoms. The first-order valence-electron chi connectivity index (χ1n) is 7.06. The average molecular weight is 291 g/mol. The second-order valence-corrected chi connectivity index (χ2v) is 5.36. The van der Waals surface area contributed by atoms with Crippen molar-refractivity contribution in [1.82, 2.24) is 4.90 Å². The van der Waals surface area contributed by atoms with Gasteiger partial charge in [0.05, 0.1) is 24.3 Å². The van der Waals surface area contributed by atoms with Gasteiger partial charge in [-0.3, -0.25) is 9.59 Å². The molecule has 1 aliphatic carbocycles. The first-order chi connectivity index (χ1) is 9.99. The number of para-hydroxylation sites is 2. The maximum atomic E-state index is 12.3. The molecule has 114 valence electrons. The van der Waals surface area contributed by atoms with Crippen LogP contribution < -0.4 is 10.6 Å². The van der Waals surface area contributed by atoms with Crippen molar-refractivity contribution in [2.75, 3.05) is 30.8 Å². The molecular weight excluding hydrogens is 270 g/mol. The van der Waals surface area contributed by atoms with Crippen molar-refractivity contribution in [1.29, 1.82) is 0 Å². The number of carbonyl (C=O) groups is 2. The lowest BCUT2D eigenvalue weighted by molar-refractivity contribution is -0.137. The van der Waals surface area contributed by atoms with Crippen LogP contribution in [-0.2, 0) is 9.59 Å². The number of anilines is 2. The topological polar surface area (TPSA) is 86.9 Å². The van der Waals surface area contributed by atoms with Crippen LogP contribution in [0.15, 0.2) is 24.3 Å². The molecule has 0 atom stereocenters. The number of carboxylic acids is 1. The number of rotatable bonds is 7. The lowest BCUT2D eigenvalue weighted by Crippen LogP contribution is -2.40. The molecule has 0 aromatic heterocycles. The number of nitrogens with zero attached hydrogens (tertiary/aromatic N) is 2. The Morgan fingerprint density at radius 2 is 2.00 bits per heavy atom. The molecule has 6 nitrogen and oxygen atoms in total. The van der Waals surface area contributed by atoms with Gasteiger partial charge in [-0.2, -0.15) is 0 Å². The molecule has 0 aliphatic heterocycles. The predicted molar refractivity (Wildman–Crippen MR) is 81.1 cm³/mol. The van der Waals surface area contributed by atoms with E-state index in [1.54, 1.807) is 22.9 Å². The molecule has 1 aromatic rings. The molecule has 1 saturated carbocycles. The molecule has 3 N–H and O–H groups in total. The van der Waals surface area contributed by atoms with Crippen LogP contribution in [0.3, 0.4) is 0 Å². The minimum absolute atomic E-state index is 0.00820. The summed E-state index contributed by atoms with van der Waals surface area (Å²) in [7, 11) is 1.80. The molecule has 21 heavy (non-hydrogen) atoms. The van der Waals surface area contributed by atoms with E-state index in [0.717, 1.165) is 12.8 Å². The number of carbonyl (C=O) groups excluding carboxylic acids is 1. The van der Waals surface area contributed by atoms with E-state index in [1.165, 1.54) is 0 Å². The number of nitrogen functional groups attached to an aromatic ring is 1. The molecule has 2 rings (SSSR count). The highest BCUT2D eigenvalue weighted by Gasteiger charge is 2.30. The van der Waals surface area contributed by atoms with Crippen molar-refractivity contribution in [3.8, 4) is 0 Å². The van der Waals surface area contributed by atoms with Gasteiger partial charge in [-0.15, -0.1) is 0 Å². The molecule has 1 fully saturated rings. The molecular formula is C15H21N3O3. The highest BCUT2D eigenvalue weighted by molar-refractivity contribution is 5.83. The van der Waals surface area contributed by atoms with Gasteiger partial charge in [-0.25, -0.2) is 0 Å². The van der Waals surface area contributed by atoms with Crippen LogP contribution in [-0.4, -0.2) is 48.1 Å². The largest absolute Gasteiger partial charge is 0.481 e. The number of likely N-dealkylation sites (N-methyl/N-ethyl adjacent to an activating group) is 1. The van der Waals surface area contributed by atoms with Crippen LogP contribution in [0.4, 0.5) is 11.4 Å². The van der Waals surface area contributed by atoms with Crippen LogP contribution in [0, 0.1) is 0 Å². The van der Waals surface area contributed by atoms with Crippen LogP contribution >= 0.6 is 0 Å². The summed E-state index contributed by atoms with van der Waals surface area (Å²) in [5.41, 5.74) is 7.19. The van der Waals surface area contributed by atoms with Gasteiger partial charge in [-0.05, 0) is 25.0 Å². The van der Waals surface area contributed by atoms with E-state index in [1.807, 2.05) is 18.2 Å². The smallest absolute Gasteiger partial charge is 0.305 e. The van der Waals surface area contributed by atoms with Gasteiger partial charge in [0.1, 0.15) is 0 Å². The molecule has 0 spiro atoms. The fraction of sp³-hybridized carbons (Fsp3) is 0.467. The van der Waals surface area contributed by atoms with Gasteiger partial charge in [0, 0.05) is 19.6 Å². The summed E-state index contributed by atoms with van der Waals surface area (Å²) in [5.74, 6) is -0.899. The summed E-state index contributed by atoms with van der Waals surface area (Å²) in [6.07, 6.45) is 2.06. The van der Waals surface area contributed by atoms with Gasteiger partial charge in [0.15, 0.2) is 0 Å². The SMILES string of the molecule is CN(C(=O)CN(CCC(=O)O)c1ccccc1N)C1CC1. The Balaban J connectivity index is 2.09. The van der Waals surface area contributed by atoms with E-state index in [-0.39, 0.29) is 25.4 Å². The Hall–Kier alpha value is -2.24. The van der Waals surface area contributed by atoms with Crippen molar-refractivity contribution in [3.63, 3.8) is 0 Å². The van der Waals surface area contributed by atoms with Crippen molar-refractivity contribution in [2.24, 2.45) is 0 Å². The number of hydrogen-bond donors (Lipinski definition) is 2. The zero-order chi connectivity index (χ0) is 15.4. The second kappa shape index (κ2) is 6.47. The van der Waals surface area contributed by atoms with E-state index in [4.69, 9.17) is 10.8 Å². The van der Waals surface area contributed by atoms with Crippen molar-refractivity contribution in [2.45, 2.75) is 25.3 Å². The molecule has 0 radical (unpaired) electrons. The van der Waals surface area contributed by atoms with E-state index in [0.29, 0.717) is 17.4 Å². The zero-order valence-corrected chi connectivity index (χ0v) is 12.2. The lowest BCUT2D eigenvalue weighted by Gasteiger charge is -2.27. The third-order valence-electron chi connectivity index (χ3n) is 3.69. The van der Waals surface area contributed by atoms with E-state index >= 15 is 0 Å². The second-order valence-electron chi connectivity index (χ2n) is 5.36. The number of benzene rings is 1. The van der Waals surface area contributed by atoms with Crippen molar-refractivity contribution >= 4 is 23.3 Å². The summed E-state index contributed by atoms with van der Waals surface area (Å²) < 4.78 is 0. The summed E-state index contributed by atoms with van der Waals surface area (Å²) in [4.78, 5) is 26.5. The summed E-state index contributed by atoms with van der Waals surface area (Å²) in [6.45, 7) is 0.405. The van der Waals surface area contributed by atoms with Crippen LogP contribution in [0.1, 0.15) is 19.3 Å². The summed E-state index contributed by atoms with van der Waals surface area (Å²) in [6, 6.07) is 7.53. The lowest BCUT2D eigenvalue weighted by atomic mass is 10.2. The zero-order valence-electron chi connectivity index (χ0n) is 12.2. The van der Waals surface area contributed by atoms with Crippen molar-refractivity contribution in [3.05, 3.63) is 24.3 Å². The maximum Gasteiger partial charge on any atom is 0.305 e. The van der Waals surface area contributed by atoms with Crippen LogP contribution in [0.25, 0.3) is 0 Å².